The maximum atomic E-state index is 12.1. The monoisotopic (exact) mass is 207 g/mol. The minimum Gasteiger partial charge on any atom is -0.362 e. The fourth-order valence-electron chi connectivity index (χ4n) is 1.98. The topological polar surface area (TPSA) is 48.1 Å². The highest BCUT2D eigenvalue weighted by atomic mass is 16.2. The first-order valence-electron chi connectivity index (χ1n) is 5.34. The zero-order chi connectivity index (χ0) is 10.8. The summed E-state index contributed by atoms with van der Waals surface area (Å²) in [6.45, 7) is 7.33. The van der Waals surface area contributed by atoms with Crippen molar-refractivity contribution in [2.75, 3.05) is 26.2 Å². The van der Waals surface area contributed by atoms with Crippen LogP contribution in [0.1, 0.15) is 21.7 Å². The standard InChI is InChI=1S/C11H17N3O/c1-8-7-10(9(2)13-8)11(15)14-5-3-12-4-6-14/h7,12-13H,3-6H2,1-2H3. The Bertz CT molecular complexity index is 364. The molecule has 4 heteroatoms. The normalized spacial score (nSPS) is 16.8. The lowest BCUT2D eigenvalue weighted by Crippen LogP contribution is -2.46. The van der Waals surface area contributed by atoms with E-state index in [4.69, 9.17) is 0 Å². The van der Waals surface area contributed by atoms with E-state index in [0.29, 0.717) is 0 Å². The third-order valence-electron chi connectivity index (χ3n) is 2.78. The molecular formula is C11H17N3O. The van der Waals surface area contributed by atoms with Gasteiger partial charge in [0.1, 0.15) is 0 Å². The molecule has 1 amide bonds. The number of aryl methyl sites for hydroxylation is 2. The Balaban J connectivity index is 2.16. The van der Waals surface area contributed by atoms with E-state index in [9.17, 15) is 4.79 Å². The predicted octanol–water partition coefficient (Wildman–Crippen LogP) is 0.677. The van der Waals surface area contributed by atoms with Crippen LogP contribution in [0.4, 0.5) is 0 Å². The predicted molar refractivity (Wildman–Crippen MR) is 59.0 cm³/mol. The van der Waals surface area contributed by atoms with Gasteiger partial charge >= 0.3 is 0 Å². The number of carbonyl (C=O) groups excluding carboxylic acids is 1. The Morgan fingerprint density at radius 1 is 1.33 bits per heavy atom. The molecule has 1 aliphatic rings. The molecule has 2 heterocycles. The van der Waals surface area contributed by atoms with Crippen LogP contribution in [0.25, 0.3) is 0 Å². The molecule has 0 saturated carbocycles. The zero-order valence-corrected chi connectivity index (χ0v) is 9.26. The van der Waals surface area contributed by atoms with Crippen molar-refractivity contribution in [1.82, 2.24) is 15.2 Å². The van der Waals surface area contributed by atoms with Crippen LogP contribution < -0.4 is 5.32 Å². The van der Waals surface area contributed by atoms with Gasteiger partial charge < -0.3 is 15.2 Å². The van der Waals surface area contributed by atoms with Crippen molar-refractivity contribution in [2.24, 2.45) is 0 Å². The van der Waals surface area contributed by atoms with Gasteiger partial charge in [-0.2, -0.15) is 0 Å². The summed E-state index contributed by atoms with van der Waals surface area (Å²) in [6.07, 6.45) is 0. The van der Waals surface area contributed by atoms with Gasteiger partial charge in [0.25, 0.3) is 5.91 Å². The third-order valence-corrected chi connectivity index (χ3v) is 2.78. The minimum absolute atomic E-state index is 0.151. The van der Waals surface area contributed by atoms with Crippen molar-refractivity contribution in [2.45, 2.75) is 13.8 Å². The summed E-state index contributed by atoms with van der Waals surface area (Å²) in [4.78, 5) is 17.2. The molecular weight excluding hydrogens is 190 g/mol. The largest absolute Gasteiger partial charge is 0.362 e. The highest BCUT2D eigenvalue weighted by molar-refractivity contribution is 5.95. The van der Waals surface area contributed by atoms with E-state index in [-0.39, 0.29) is 5.91 Å². The van der Waals surface area contributed by atoms with Gasteiger partial charge in [-0.05, 0) is 19.9 Å². The first-order chi connectivity index (χ1) is 7.18. The first-order valence-corrected chi connectivity index (χ1v) is 5.34. The molecule has 82 valence electrons. The summed E-state index contributed by atoms with van der Waals surface area (Å²) in [5, 5.41) is 3.24. The number of piperazine rings is 1. The number of nitrogens with zero attached hydrogens (tertiary/aromatic N) is 1. The van der Waals surface area contributed by atoms with Crippen molar-refractivity contribution in [1.29, 1.82) is 0 Å². The average Bonchev–Trinajstić information content (AvgIpc) is 2.58. The van der Waals surface area contributed by atoms with E-state index < -0.39 is 0 Å². The second-order valence-corrected chi connectivity index (χ2v) is 4.03. The number of nitrogens with one attached hydrogen (secondary N) is 2. The van der Waals surface area contributed by atoms with Crippen molar-refractivity contribution in [3.05, 3.63) is 23.0 Å². The Morgan fingerprint density at radius 2 is 2.00 bits per heavy atom. The summed E-state index contributed by atoms with van der Waals surface area (Å²) in [7, 11) is 0. The summed E-state index contributed by atoms with van der Waals surface area (Å²) in [5.41, 5.74) is 2.83. The molecule has 1 aromatic heterocycles. The van der Waals surface area contributed by atoms with Crippen LogP contribution in [0.3, 0.4) is 0 Å². The van der Waals surface area contributed by atoms with E-state index in [2.05, 4.69) is 10.3 Å². The molecule has 2 N–H and O–H groups in total. The maximum absolute atomic E-state index is 12.1. The number of aromatic nitrogens is 1. The highest BCUT2D eigenvalue weighted by Crippen LogP contribution is 2.12. The van der Waals surface area contributed by atoms with Gasteiger partial charge in [-0.1, -0.05) is 0 Å². The lowest BCUT2D eigenvalue weighted by atomic mass is 10.2. The van der Waals surface area contributed by atoms with Crippen LogP contribution >= 0.6 is 0 Å². The molecule has 0 atom stereocenters. The van der Waals surface area contributed by atoms with Crippen LogP contribution in [0.2, 0.25) is 0 Å². The Kier molecular flexibility index (Phi) is 2.77. The summed E-state index contributed by atoms with van der Waals surface area (Å²) < 4.78 is 0. The van der Waals surface area contributed by atoms with Crippen LogP contribution in [0.15, 0.2) is 6.07 Å². The van der Waals surface area contributed by atoms with Gasteiger partial charge in [-0.15, -0.1) is 0 Å². The fourth-order valence-corrected chi connectivity index (χ4v) is 1.98. The first kappa shape index (κ1) is 10.2. The van der Waals surface area contributed by atoms with E-state index >= 15 is 0 Å². The lowest BCUT2D eigenvalue weighted by Gasteiger charge is -2.27. The molecule has 0 radical (unpaired) electrons. The summed E-state index contributed by atoms with van der Waals surface area (Å²) in [5.74, 6) is 0.151. The van der Waals surface area contributed by atoms with Crippen LogP contribution in [-0.4, -0.2) is 42.0 Å². The molecule has 0 aliphatic carbocycles. The Labute approximate surface area is 89.7 Å². The Hall–Kier alpha value is -1.29. The molecule has 1 aliphatic heterocycles. The summed E-state index contributed by atoms with van der Waals surface area (Å²) in [6, 6.07) is 1.93. The van der Waals surface area contributed by atoms with Crippen LogP contribution in [-0.2, 0) is 0 Å². The SMILES string of the molecule is Cc1cc(C(=O)N2CCNCC2)c(C)[nH]1. The minimum atomic E-state index is 0.151. The zero-order valence-electron chi connectivity index (χ0n) is 9.26. The Morgan fingerprint density at radius 3 is 2.53 bits per heavy atom. The van der Waals surface area contributed by atoms with Crippen LogP contribution in [0, 0.1) is 13.8 Å². The van der Waals surface area contributed by atoms with Crippen LogP contribution in [0.5, 0.6) is 0 Å². The smallest absolute Gasteiger partial charge is 0.255 e. The molecule has 1 aromatic rings. The second-order valence-electron chi connectivity index (χ2n) is 4.03. The van der Waals surface area contributed by atoms with E-state index in [1.807, 2.05) is 24.8 Å². The number of carbonyl (C=O) groups is 1. The molecule has 0 spiro atoms. The van der Waals surface area contributed by atoms with Crippen molar-refractivity contribution >= 4 is 5.91 Å². The number of hydrogen-bond donors (Lipinski definition) is 2. The number of H-pyrrole nitrogens is 1. The van der Waals surface area contributed by atoms with Gasteiger partial charge in [-0.25, -0.2) is 0 Å². The number of amides is 1. The quantitative estimate of drug-likeness (QED) is 0.711. The summed E-state index contributed by atoms with van der Waals surface area (Å²) >= 11 is 0. The van der Waals surface area contributed by atoms with Gasteiger partial charge in [0.2, 0.25) is 0 Å². The highest BCUT2D eigenvalue weighted by Gasteiger charge is 2.20. The molecule has 0 bridgehead atoms. The molecule has 1 saturated heterocycles. The van der Waals surface area contributed by atoms with E-state index in [0.717, 1.165) is 43.1 Å². The van der Waals surface area contributed by atoms with Crippen molar-refractivity contribution in [3.63, 3.8) is 0 Å². The molecule has 1 fully saturated rings. The van der Waals surface area contributed by atoms with Gasteiger partial charge in [0.15, 0.2) is 0 Å². The third kappa shape index (κ3) is 2.04. The molecule has 2 rings (SSSR count). The molecule has 15 heavy (non-hydrogen) atoms. The average molecular weight is 207 g/mol. The van der Waals surface area contributed by atoms with Gasteiger partial charge in [0, 0.05) is 37.6 Å². The maximum Gasteiger partial charge on any atom is 0.255 e. The number of hydrogen-bond acceptors (Lipinski definition) is 2. The second kappa shape index (κ2) is 4.06. The van der Waals surface area contributed by atoms with Gasteiger partial charge in [0.05, 0.1) is 5.56 Å². The van der Waals surface area contributed by atoms with Gasteiger partial charge in [-0.3, -0.25) is 4.79 Å². The fraction of sp³-hybridized carbons (Fsp3) is 0.545. The van der Waals surface area contributed by atoms with E-state index in [1.165, 1.54) is 0 Å². The number of rotatable bonds is 1. The van der Waals surface area contributed by atoms with Crippen molar-refractivity contribution in [3.8, 4) is 0 Å². The van der Waals surface area contributed by atoms with Crippen molar-refractivity contribution < 1.29 is 4.79 Å². The lowest BCUT2D eigenvalue weighted by molar-refractivity contribution is 0.0735. The van der Waals surface area contributed by atoms with E-state index in [1.54, 1.807) is 0 Å². The number of aromatic amines is 1. The molecule has 4 nitrogen and oxygen atoms in total. The molecule has 0 aromatic carbocycles. The molecule has 0 unspecified atom stereocenters.